The van der Waals surface area contributed by atoms with E-state index in [-0.39, 0.29) is 5.97 Å². The van der Waals surface area contributed by atoms with Gasteiger partial charge in [0.2, 0.25) is 0 Å². The molecular weight excluding hydrogens is 190 g/mol. The largest absolute Gasteiger partial charge is 0.465 e. The Hall–Kier alpha value is -0.570. The van der Waals surface area contributed by atoms with Crippen LogP contribution >= 0.6 is 0 Å². The fourth-order valence-corrected chi connectivity index (χ4v) is 1.51. The van der Waals surface area contributed by atoms with Crippen molar-refractivity contribution in [3.8, 4) is 0 Å². The van der Waals surface area contributed by atoms with Crippen LogP contribution in [0.3, 0.4) is 0 Å². The molecule has 0 bridgehead atoms. The smallest absolute Gasteiger partial charge is 0.322 e. The summed E-state index contributed by atoms with van der Waals surface area (Å²) in [6.07, 6.45) is 8.09. The molecule has 90 valence electrons. The quantitative estimate of drug-likeness (QED) is 0.475. The molecule has 0 aromatic heterocycles. The van der Waals surface area contributed by atoms with Gasteiger partial charge in [-0.05, 0) is 13.3 Å². The predicted molar refractivity (Wildman–Crippen MR) is 62.6 cm³/mol. The third-order valence-corrected chi connectivity index (χ3v) is 2.46. The predicted octanol–water partition coefficient (Wildman–Crippen LogP) is 2.63. The summed E-state index contributed by atoms with van der Waals surface area (Å²) < 4.78 is 4.84. The molecule has 0 aromatic carbocycles. The van der Waals surface area contributed by atoms with Crippen molar-refractivity contribution in [3.05, 3.63) is 0 Å². The SMILES string of the molecule is CCCCCCCCC(N)C(=O)OCC. The Labute approximate surface area is 93.4 Å². The zero-order valence-electron chi connectivity index (χ0n) is 10.1. The minimum Gasteiger partial charge on any atom is -0.465 e. The maximum atomic E-state index is 11.2. The van der Waals surface area contributed by atoms with E-state index in [4.69, 9.17) is 10.5 Å². The van der Waals surface area contributed by atoms with Crippen LogP contribution in [0.25, 0.3) is 0 Å². The summed E-state index contributed by atoms with van der Waals surface area (Å²) in [6, 6.07) is -0.420. The molecule has 0 saturated carbocycles. The molecular formula is C12H25NO2. The number of unbranched alkanes of at least 4 members (excludes halogenated alkanes) is 5. The first-order valence-corrected chi connectivity index (χ1v) is 6.14. The minimum atomic E-state index is -0.420. The average Bonchev–Trinajstić information content (AvgIpc) is 2.23. The molecule has 0 aliphatic heterocycles. The molecule has 3 heteroatoms. The molecule has 1 atom stereocenters. The van der Waals surface area contributed by atoms with Crippen molar-refractivity contribution < 1.29 is 9.53 Å². The van der Waals surface area contributed by atoms with Crippen LogP contribution in [0.2, 0.25) is 0 Å². The Morgan fingerprint density at radius 3 is 2.33 bits per heavy atom. The number of ether oxygens (including phenoxy) is 1. The second-order valence-electron chi connectivity index (χ2n) is 3.91. The lowest BCUT2D eigenvalue weighted by Gasteiger charge is -2.09. The number of hydrogen-bond acceptors (Lipinski definition) is 3. The highest BCUT2D eigenvalue weighted by Gasteiger charge is 2.13. The summed E-state index contributed by atoms with van der Waals surface area (Å²) in [5.41, 5.74) is 5.67. The molecule has 2 N–H and O–H groups in total. The zero-order chi connectivity index (χ0) is 11.5. The number of nitrogens with two attached hydrogens (primary N) is 1. The standard InChI is InChI=1S/C12H25NO2/c1-3-5-6-7-8-9-10-11(13)12(14)15-4-2/h11H,3-10,13H2,1-2H3. The Kier molecular flexibility index (Phi) is 9.59. The number of carbonyl (C=O) groups is 1. The molecule has 0 amide bonds. The first-order chi connectivity index (χ1) is 7.22. The molecule has 0 fully saturated rings. The molecule has 3 nitrogen and oxygen atoms in total. The van der Waals surface area contributed by atoms with Crippen LogP contribution in [-0.2, 0) is 9.53 Å². The van der Waals surface area contributed by atoms with E-state index in [1.54, 1.807) is 6.92 Å². The first kappa shape index (κ1) is 14.4. The van der Waals surface area contributed by atoms with E-state index >= 15 is 0 Å². The topological polar surface area (TPSA) is 52.3 Å². The number of hydrogen-bond donors (Lipinski definition) is 1. The number of rotatable bonds is 9. The van der Waals surface area contributed by atoms with Crippen LogP contribution in [0.1, 0.15) is 58.8 Å². The van der Waals surface area contributed by atoms with Gasteiger partial charge in [0.1, 0.15) is 6.04 Å². The molecule has 0 heterocycles. The molecule has 0 spiro atoms. The van der Waals surface area contributed by atoms with E-state index in [0.29, 0.717) is 6.61 Å². The van der Waals surface area contributed by atoms with E-state index in [1.807, 2.05) is 0 Å². The molecule has 0 saturated heterocycles. The van der Waals surface area contributed by atoms with Crippen molar-refractivity contribution in [1.82, 2.24) is 0 Å². The Morgan fingerprint density at radius 1 is 1.13 bits per heavy atom. The van der Waals surface area contributed by atoms with Crippen LogP contribution in [0, 0.1) is 0 Å². The van der Waals surface area contributed by atoms with Gasteiger partial charge in [-0.15, -0.1) is 0 Å². The molecule has 0 aliphatic carbocycles. The lowest BCUT2D eigenvalue weighted by molar-refractivity contribution is -0.144. The van der Waals surface area contributed by atoms with Gasteiger partial charge >= 0.3 is 5.97 Å². The number of esters is 1. The van der Waals surface area contributed by atoms with Gasteiger partial charge in [0, 0.05) is 0 Å². The fourth-order valence-electron chi connectivity index (χ4n) is 1.51. The van der Waals surface area contributed by atoms with Crippen LogP contribution in [0.15, 0.2) is 0 Å². The van der Waals surface area contributed by atoms with Crippen molar-refractivity contribution >= 4 is 5.97 Å². The Balaban J connectivity index is 3.30. The Morgan fingerprint density at radius 2 is 1.73 bits per heavy atom. The maximum Gasteiger partial charge on any atom is 0.322 e. The molecule has 0 aliphatic rings. The van der Waals surface area contributed by atoms with Crippen LogP contribution in [0.5, 0.6) is 0 Å². The highest BCUT2D eigenvalue weighted by atomic mass is 16.5. The van der Waals surface area contributed by atoms with Gasteiger partial charge in [0.15, 0.2) is 0 Å². The van der Waals surface area contributed by atoms with Crippen LogP contribution in [0.4, 0.5) is 0 Å². The van der Waals surface area contributed by atoms with Crippen molar-refractivity contribution in [3.63, 3.8) is 0 Å². The van der Waals surface area contributed by atoms with E-state index in [9.17, 15) is 4.79 Å². The molecule has 0 radical (unpaired) electrons. The first-order valence-electron chi connectivity index (χ1n) is 6.14. The summed E-state index contributed by atoms with van der Waals surface area (Å²) in [5, 5.41) is 0. The van der Waals surface area contributed by atoms with Gasteiger partial charge in [-0.25, -0.2) is 0 Å². The summed E-state index contributed by atoms with van der Waals surface area (Å²) >= 11 is 0. The van der Waals surface area contributed by atoms with Gasteiger partial charge in [0.05, 0.1) is 6.61 Å². The van der Waals surface area contributed by atoms with E-state index < -0.39 is 6.04 Å². The van der Waals surface area contributed by atoms with E-state index in [2.05, 4.69) is 6.92 Å². The number of carbonyl (C=O) groups excluding carboxylic acids is 1. The van der Waals surface area contributed by atoms with Gasteiger partial charge < -0.3 is 10.5 Å². The summed E-state index contributed by atoms with van der Waals surface area (Å²) in [6.45, 7) is 4.43. The maximum absolute atomic E-state index is 11.2. The van der Waals surface area contributed by atoms with E-state index in [1.165, 1.54) is 32.1 Å². The lowest BCUT2D eigenvalue weighted by atomic mass is 10.1. The van der Waals surface area contributed by atoms with Gasteiger partial charge in [-0.3, -0.25) is 4.79 Å². The van der Waals surface area contributed by atoms with E-state index in [0.717, 1.165) is 12.8 Å². The Bertz CT molecular complexity index is 160. The van der Waals surface area contributed by atoms with Crippen molar-refractivity contribution in [2.24, 2.45) is 5.73 Å². The molecule has 1 unspecified atom stereocenters. The van der Waals surface area contributed by atoms with Crippen molar-refractivity contribution in [2.45, 2.75) is 64.8 Å². The molecule has 0 rings (SSSR count). The lowest BCUT2D eigenvalue weighted by Crippen LogP contribution is -2.32. The third kappa shape index (κ3) is 8.43. The van der Waals surface area contributed by atoms with Crippen molar-refractivity contribution in [1.29, 1.82) is 0 Å². The second kappa shape index (κ2) is 9.97. The fraction of sp³-hybridized carbons (Fsp3) is 0.917. The highest BCUT2D eigenvalue weighted by Crippen LogP contribution is 2.08. The van der Waals surface area contributed by atoms with Crippen LogP contribution in [-0.4, -0.2) is 18.6 Å². The summed E-state index contributed by atoms with van der Waals surface area (Å²) in [7, 11) is 0. The minimum absolute atomic E-state index is 0.258. The molecule has 0 aromatic rings. The highest BCUT2D eigenvalue weighted by molar-refractivity contribution is 5.75. The normalized spacial score (nSPS) is 12.5. The summed E-state index contributed by atoms with van der Waals surface area (Å²) in [4.78, 5) is 11.2. The monoisotopic (exact) mass is 215 g/mol. The molecule has 15 heavy (non-hydrogen) atoms. The second-order valence-corrected chi connectivity index (χ2v) is 3.91. The summed E-state index contributed by atoms with van der Waals surface area (Å²) in [5.74, 6) is -0.258. The van der Waals surface area contributed by atoms with Gasteiger partial charge in [-0.2, -0.15) is 0 Å². The van der Waals surface area contributed by atoms with Crippen LogP contribution < -0.4 is 5.73 Å². The van der Waals surface area contributed by atoms with Gasteiger partial charge in [0.25, 0.3) is 0 Å². The zero-order valence-corrected chi connectivity index (χ0v) is 10.1. The van der Waals surface area contributed by atoms with Gasteiger partial charge in [-0.1, -0.05) is 45.4 Å². The average molecular weight is 215 g/mol. The van der Waals surface area contributed by atoms with Crippen molar-refractivity contribution in [2.75, 3.05) is 6.61 Å². The third-order valence-electron chi connectivity index (χ3n) is 2.46.